The van der Waals surface area contributed by atoms with Gasteiger partial charge in [0.05, 0.1) is 10.6 Å². The number of likely N-dealkylation sites (N-methyl/N-ethyl adjacent to an activating group) is 2. The van der Waals surface area contributed by atoms with Crippen LogP contribution in [-0.2, 0) is 9.84 Å². The van der Waals surface area contributed by atoms with Gasteiger partial charge < -0.3 is 15.1 Å². The molecule has 33 heavy (non-hydrogen) atoms. The van der Waals surface area contributed by atoms with Crippen LogP contribution < -0.4 is 10.2 Å². The topological polar surface area (TPSA) is 82.8 Å². The molecule has 0 amide bonds. The molecule has 0 fully saturated rings. The zero-order valence-corrected chi connectivity index (χ0v) is 20.0. The lowest BCUT2D eigenvalue weighted by atomic mass is 10.1. The molecule has 9 heteroatoms. The molecule has 0 spiro atoms. The van der Waals surface area contributed by atoms with Gasteiger partial charge in [0.2, 0.25) is 9.84 Å². The number of benzene rings is 2. The van der Waals surface area contributed by atoms with E-state index in [0.29, 0.717) is 5.69 Å². The lowest BCUT2D eigenvalue weighted by molar-refractivity contribution is 0.416. The number of nitrogens with one attached hydrogen (secondary N) is 1. The molecule has 1 N–H and O–H groups in total. The van der Waals surface area contributed by atoms with E-state index in [2.05, 4.69) is 20.2 Å². The lowest BCUT2D eigenvalue weighted by Gasteiger charge is -2.22. The number of hydrogen-bond acceptors (Lipinski definition) is 7. The van der Waals surface area contributed by atoms with E-state index in [1.165, 1.54) is 0 Å². The van der Waals surface area contributed by atoms with Gasteiger partial charge in [-0.3, -0.25) is 0 Å². The number of fused-ring (bicyclic) bond motifs is 1. The minimum atomic E-state index is -3.87. The third kappa shape index (κ3) is 4.42. The molecule has 172 valence electrons. The Morgan fingerprint density at radius 1 is 0.939 bits per heavy atom. The van der Waals surface area contributed by atoms with E-state index < -0.39 is 9.84 Å². The number of rotatable bonds is 8. The van der Waals surface area contributed by atoms with Gasteiger partial charge in [-0.1, -0.05) is 48.5 Å². The summed E-state index contributed by atoms with van der Waals surface area (Å²) in [5.74, 6) is 1.02. The number of sulfone groups is 1. The Bertz CT molecular complexity index is 1350. The van der Waals surface area contributed by atoms with Crippen LogP contribution in [0.2, 0.25) is 0 Å². The van der Waals surface area contributed by atoms with Gasteiger partial charge in [-0.15, -0.1) is 5.10 Å². The number of hydrogen-bond donors (Lipinski definition) is 1. The monoisotopic (exact) mass is 464 g/mol. The molecular weight excluding hydrogens is 436 g/mol. The second-order valence-corrected chi connectivity index (χ2v) is 9.96. The molecule has 2 heterocycles. The Morgan fingerprint density at radius 2 is 1.58 bits per heavy atom. The van der Waals surface area contributed by atoms with E-state index in [4.69, 9.17) is 4.98 Å². The molecule has 0 aliphatic heterocycles. The summed E-state index contributed by atoms with van der Waals surface area (Å²) in [4.78, 5) is 9.21. The molecule has 4 aromatic rings. The first-order valence-electron chi connectivity index (χ1n) is 10.7. The molecule has 0 atom stereocenters. The summed E-state index contributed by atoms with van der Waals surface area (Å²) in [6.07, 6.45) is 0. The highest BCUT2D eigenvalue weighted by molar-refractivity contribution is 7.91. The average molecular weight is 465 g/mol. The van der Waals surface area contributed by atoms with Crippen LogP contribution in [0.1, 0.15) is 0 Å². The molecule has 0 radical (unpaired) electrons. The fraction of sp³-hybridized carbons (Fsp3) is 0.250. The second kappa shape index (κ2) is 9.21. The van der Waals surface area contributed by atoms with E-state index in [-0.39, 0.29) is 21.3 Å². The minimum absolute atomic E-state index is 0.0660. The van der Waals surface area contributed by atoms with Gasteiger partial charge in [-0.05, 0) is 26.2 Å². The SMILES string of the molecule is CNc1nn2c(N(C)CCN(C)C)cc(-c3ccccc3)nc2c1S(=O)(=O)c1ccccc1. The molecule has 0 aliphatic carbocycles. The molecule has 0 unspecified atom stereocenters. The van der Waals surface area contributed by atoms with Crippen LogP contribution in [-0.4, -0.2) is 69.2 Å². The normalized spacial score (nSPS) is 11.8. The number of anilines is 2. The summed E-state index contributed by atoms with van der Waals surface area (Å²) in [5, 5.41) is 7.57. The summed E-state index contributed by atoms with van der Waals surface area (Å²) in [5.41, 5.74) is 1.87. The predicted molar refractivity (Wildman–Crippen MR) is 132 cm³/mol. The highest BCUT2D eigenvalue weighted by Gasteiger charge is 2.30. The predicted octanol–water partition coefficient (Wildman–Crippen LogP) is 3.27. The van der Waals surface area contributed by atoms with Crippen LogP contribution in [0.4, 0.5) is 11.6 Å². The molecule has 0 bridgehead atoms. The van der Waals surface area contributed by atoms with Gasteiger partial charge in [0.15, 0.2) is 16.4 Å². The molecule has 0 saturated carbocycles. The summed E-state index contributed by atoms with van der Waals surface area (Å²) >= 11 is 0. The van der Waals surface area contributed by atoms with Gasteiger partial charge in [0.25, 0.3) is 0 Å². The van der Waals surface area contributed by atoms with Crippen molar-refractivity contribution in [1.82, 2.24) is 19.5 Å². The zero-order valence-electron chi connectivity index (χ0n) is 19.2. The molecular formula is C24H28N6O2S. The van der Waals surface area contributed by atoms with Crippen molar-refractivity contribution in [2.45, 2.75) is 9.79 Å². The first-order valence-corrected chi connectivity index (χ1v) is 12.1. The highest BCUT2D eigenvalue weighted by atomic mass is 32.2. The van der Waals surface area contributed by atoms with Gasteiger partial charge in [0.1, 0.15) is 5.82 Å². The first-order chi connectivity index (χ1) is 15.8. The maximum absolute atomic E-state index is 13.7. The summed E-state index contributed by atoms with van der Waals surface area (Å²) in [6.45, 7) is 1.56. The van der Waals surface area contributed by atoms with Crippen molar-refractivity contribution in [3.05, 3.63) is 66.7 Å². The van der Waals surface area contributed by atoms with Crippen molar-refractivity contribution in [3.63, 3.8) is 0 Å². The second-order valence-electron chi connectivity index (χ2n) is 8.07. The van der Waals surface area contributed by atoms with Crippen molar-refractivity contribution >= 4 is 27.1 Å². The number of nitrogens with zero attached hydrogens (tertiary/aromatic N) is 5. The maximum Gasteiger partial charge on any atom is 0.214 e. The van der Waals surface area contributed by atoms with E-state index >= 15 is 0 Å². The van der Waals surface area contributed by atoms with Gasteiger partial charge in [-0.2, -0.15) is 4.52 Å². The molecule has 0 saturated heterocycles. The molecule has 2 aromatic heterocycles. The van der Waals surface area contributed by atoms with Crippen molar-refractivity contribution in [3.8, 4) is 11.3 Å². The Hall–Kier alpha value is -3.43. The van der Waals surface area contributed by atoms with Crippen LogP contribution in [0.5, 0.6) is 0 Å². The maximum atomic E-state index is 13.7. The summed E-state index contributed by atoms with van der Waals surface area (Å²) < 4.78 is 29.0. The largest absolute Gasteiger partial charge is 0.370 e. The molecule has 4 rings (SSSR count). The van der Waals surface area contributed by atoms with Crippen molar-refractivity contribution in [1.29, 1.82) is 0 Å². The van der Waals surface area contributed by atoms with Crippen molar-refractivity contribution < 1.29 is 8.42 Å². The van der Waals surface area contributed by atoms with Gasteiger partial charge in [0, 0.05) is 38.8 Å². The van der Waals surface area contributed by atoms with Gasteiger partial charge in [-0.25, -0.2) is 13.4 Å². The standard InChI is InChI=1S/C24H28N6O2S/c1-25-23-22(33(31,32)19-13-9-6-10-14-19)24-26-20(18-11-7-5-8-12-18)17-21(30(24)27-23)29(4)16-15-28(2)3/h5-14,17H,15-16H2,1-4H3,(H,25,27). The summed E-state index contributed by atoms with van der Waals surface area (Å²) in [7, 11) is 3.80. The molecule has 0 aliphatic rings. The van der Waals surface area contributed by atoms with Crippen LogP contribution in [0.3, 0.4) is 0 Å². The van der Waals surface area contributed by atoms with Crippen LogP contribution >= 0.6 is 0 Å². The number of aromatic nitrogens is 3. The first kappa shape index (κ1) is 22.8. The molecule has 8 nitrogen and oxygen atoms in total. The Balaban J connectivity index is 2.00. The Kier molecular flexibility index (Phi) is 6.35. The zero-order chi connectivity index (χ0) is 23.6. The molecule has 2 aromatic carbocycles. The fourth-order valence-electron chi connectivity index (χ4n) is 3.60. The van der Waals surface area contributed by atoms with Crippen LogP contribution in [0.25, 0.3) is 16.9 Å². The third-order valence-corrected chi connectivity index (χ3v) is 7.24. The summed E-state index contributed by atoms with van der Waals surface area (Å²) in [6, 6.07) is 20.1. The van der Waals surface area contributed by atoms with E-state index in [1.54, 1.807) is 41.9 Å². The lowest BCUT2D eigenvalue weighted by Crippen LogP contribution is -2.30. The van der Waals surface area contributed by atoms with Crippen molar-refractivity contribution in [2.75, 3.05) is 51.5 Å². The Labute approximate surface area is 194 Å². The average Bonchev–Trinajstić information content (AvgIpc) is 3.22. The van der Waals surface area contributed by atoms with Crippen LogP contribution in [0.15, 0.2) is 76.5 Å². The minimum Gasteiger partial charge on any atom is -0.370 e. The third-order valence-electron chi connectivity index (χ3n) is 5.43. The van der Waals surface area contributed by atoms with E-state index in [0.717, 1.165) is 24.5 Å². The highest BCUT2D eigenvalue weighted by Crippen LogP contribution is 2.34. The van der Waals surface area contributed by atoms with Crippen molar-refractivity contribution in [2.24, 2.45) is 0 Å². The fourth-order valence-corrected chi connectivity index (χ4v) is 5.13. The van der Waals surface area contributed by atoms with E-state index in [9.17, 15) is 8.42 Å². The van der Waals surface area contributed by atoms with Gasteiger partial charge >= 0.3 is 0 Å². The van der Waals surface area contributed by atoms with E-state index in [1.807, 2.05) is 57.5 Å². The Morgan fingerprint density at radius 3 is 2.18 bits per heavy atom. The quantitative estimate of drug-likeness (QED) is 0.429. The van der Waals surface area contributed by atoms with Crippen LogP contribution in [0, 0.1) is 0 Å². The smallest absolute Gasteiger partial charge is 0.214 e.